The van der Waals surface area contributed by atoms with Gasteiger partial charge in [-0.05, 0) is 48.5 Å². The van der Waals surface area contributed by atoms with Crippen molar-refractivity contribution in [3.8, 4) is 5.75 Å². The molecule has 0 spiro atoms. The summed E-state index contributed by atoms with van der Waals surface area (Å²) < 4.78 is 10.7. The van der Waals surface area contributed by atoms with Gasteiger partial charge in [-0.15, -0.1) is 0 Å². The lowest BCUT2D eigenvalue weighted by molar-refractivity contribution is 0.182. The van der Waals surface area contributed by atoms with Crippen LogP contribution in [0.4, 0.5) is 17.1 Å². The molecule has 4 rings (SSSR count). The molecule has 2 atom stereocenters. The molecule has 0 saturated carbocycles. The number of methoxy groups -OCH3 is 2. The van der Waals surface area contributed by atoms with Crippen molar-refractivity contribution in [2.24, 2.45) is 5.73 Å². The molecular formula is C21H28N4O2S. The predicted octanol–water partition coefficient (Wildman–Crippen LogP) is 2.79. The monoisotopic (exact) mass is 400 g/mol. The van der Waals surface area contributed by atoms with Crippen LogP contribution in [0, 0.1) is 0 Å². The number of rotatable bonds is 5. The van der Waals surface area contributed by atoms with Gasteiger partial charge in [-0.25, -0.2) is 0 Å². The van der Waals surface area contributed by atoms with Crippen molar-refractivity contribution in [3.63, 3.8) is 0 Å². The third-order valence-corrected chi connectivity index (χ3v) is 6.65. The van der Waals surface area contributed by atoms with Gasteiger partial charge in [0.25, 0.3) is 0 Å². The highest BCUT2D eigenvalue weighted by Crippen LogP contribution is 2.33. The van der Waals surface area contributed by atoms with Crippen LogP contribution in [0.25, 0.3) is 0 Å². The molecule has 2 aromatic carbocycles. The molecule has 28 heavy (non-hydrogen) atoms. The lowest BCUT2D eigenvalue weighted by Gasteiger charge is -2.37. The minimum atomic E-state index is -0.0520. The fourth-order valence-electron chi connectivity index (χ4n) is 3.79. The molecule has 2 saturated heterocycles. The zero-order valence-electron chi connectivity index (χ0n) is 16.5. The van der Waals surface area contributed by atoms with Gasteiger partial charge in [0, 0.05) is 50.4 Å². The third kappa shape index (κ3) is 4.01. The van der Waals surface area contributed by atoms with Gasteiger partial charge in [-0.1, -0.05) is 11.8 Å². The Hall–Kier alpha value is -2.09. The molecule has 6 nitrogen and oxygen atoms in total. The Balaban J connectivity index is 1.35. The molecule has 0 bridgehead atoms. The second-order valence-corrected chi connectivity index (χ2v) is 8.31. The summed E-state index contributed by atoms with van der Waals surface area (Å²) in [5, 5.41) is 0. The Morgan fingerprint density at radius 1 is 0.821 bits per heavy atom. The number of anilines is 3. The number of hydrogen-bond donors (Lipinski definition) is 1. The van der Waals surface area contributed by atoms with E-state index in [2.05, 4.69) is 51.1 Å². The van der Waals surface area contributed by atoms with E-state index in [1.807, 2.05) is 12.1 Å². The number of nitrogens with zero attached hydrogens (tertiary/aromatic N) is 3. The van der Waals surface area contributed by atoms with Gasteiger partial charge in [0.05, 0.1) is 13.7 Å². The van der Waals surface area contributed by atoms with Crippen molar-refractivity contribution >= 4 is 28.8 Å². The van der Waals surface area contributed by atoms with Gasteiger partial charge in [-0.3, -0.25) is 0 Å². The fourth-order valence-corrected chi connectivity index (χ4v) is 4.81. The molecule has 150 valence electrons. The SMILES string of the molecule is COc1ccc(N2CCN(c3ccc(N4CC(OC)SC4N)cc3)CC2)cc1. The molecule has 2 aromatic rings. The van der Waals surface area contributed by atoms with Gasteiger partial charge in [0.1, 0.15) is 16.7 Å². The first-order valence-corrected chi connectivity index (χ1v) is 10.6. The van der Waals surface area contributed by atoms with Crippen molar-refractivity contribution in [1.82, 2.24) is 0 Å². The van der Waals surface area contributed by atoms with Gasteiger partial charge >= 0.3 is 0 Å². The molecule has 2 aliphatic heterocycles. The van der Waals surface area contributed by atoms with E-state index in [-0.39, 0.29) is 10.9 Å². The van der Waals surface area contributed by atoms with Crippen molar-refractivity contribution in [3.05, 3.63) is 48.5 Å². The zero-order valence-corrected chi connectivity index (χ0v) is 17.3. The van der Waals surface area contributed by atoms with E-state index < -0.39 is 0 Å². The molecule has 0 aromatic heterocycles. The first-order valence-electron chi connectivity index (χ1n) is 9.62. The fraction of sp³-hybridized carbons (Fsp3) is 0.429. The molecule has 2 fully saturated rings. The summed E-state index contributed by atoms with van der Waals surface area (Å²) in [6.07, 6.45) is 0. The molecule has 2 unspecified atom stereocenters. The highest BCUT2D eigenvalue weighted by molar-refractivity contribution is 8.00. The zero-order chi connectivity index (χ0) is 19.5. The summed E-state index contributed by atoms with van der Waals surface area (Å²) in [7, 11) is 3.44. The molecule has 2 N–H and O–H groups in total. The van der Waals surface area contributed by atoms with E-state index in [4.69, 9.17) is 15.2 Å². The number of piperazine rings is 1. The Labute approximate surface area is 171 Å². The molecule has 0 amide bonds. The molecule has 2 heterocycles. The van der Waals surface area contributed by atoms with Crippen LogP contribution < -0.4 is 25.2 Å². The lowest BCUT2D eigenvalue weighted by Crippen LogP contribution is -2.46. The summed E-state index contributed by atoms with van der Waals surface area (Å²) in [5.74, 6) is 0.899. The Morgan fingerprint density at radius 3 is 1.79 bits per heavy atom. The van der Waals surface area contributed by atoms with Crippen molar-refractivity contribution in [2.45, 2.75) is 10.9 Å². The van der Waals surface area contributed by atoms with Crippen LogP contribution >= 0.6 is 11.8 Å². The van der Waals surface area contributed by atoms with Gasteiger partial charge < -0.3 is 29.9 Å². The molecule has 2 aliphatic rings. The molecule has 0 radical (unpaired) electrons. The van der Waals surface area contributed by atoms with E-state index in [9.17, 15) is 0 Å². The van der Waals surface area contributed by atoms with Crippen LogP contribution in [0.1, 0.15) is 0 Å². The van der Waals surface area contributed by atoms with Crippen LogP contribution in [-0.2, 0) is 4.74 Å². The highest BCUT2D eigenvalue weighted by atomic mass is 32.2. The maximum Gasteiger partial charge on any atom is 0.128 e. The van der Waals surface area contributed by atoms with E-state index in [1.165, 1.54) is 11.4 Å². The minimum Gasteiger partial charge on any atom is -0.497 e. The highest BCUT2D eigenvalue weighted by Gasteiger charge is 2.30. The van der Waals surface area contributed by atoms with Gasteiger partial charge in [0.15, 0.2) is 0 Å². The smallest absolute Gasteiger partial charge is 0.128 e. The van der Waals surface area contributed by atoms with Crippen LogP contribution in [0.2, 0.25) is 0 Å². The van der Waals surface area contributed by atoms with Gasteiger partial charge in [-0.2, -0.15) is 0 Å². The van der Waals surface area contributed by atoms with Crippen LogP contribution in [0.5, 0.6) is 5.75 Å². The molecular weight excluding hydrogens is 372 g/mol. The average Bonchev–Trinajstić information content (AvgIpc) is 3.15. The number of hydrogen-bond acceptors (Lipinski definition) is 7. The number of ether oxygens (including phenoxy) is 2. The summed E-state index contributed by atoms with van der Waals surface area (Å²) in [5.41, 5.74) is 9.99. The Kier molecular flexibility index (Phi) is 5.85. The quantitative estimate of drug-likeness (QED) is 0.828. The maximum atomic E-state index is 6.23. The number of benzene rings is 2. The predicted molar refractivity (Wildman–Crippen MR) is 118 cm³/mol. The van der Waals surface area contributed by atoms with Crippen LogP contribution in [0.15, 0.2) is 48.5 Å². The second kappa shape index (κ2) is 8.51. The van der Waals surface area contributed by atoms with Crippen molar-refractivity contribution in [1.29, 1.82) is 0 Å². The van der Waals surface area contributed by atoms with E-state index >= 15 is 0 Å². The topological polar surface area (TPSA) is 54.2 Å². The molecule has 0 aliphatic carbocycles. The normalized spacial score (nSPS) is 22.6. The maximum absolute atomic E-state index is 6.23. The summed E-state index contributed by atoms with van der Waals surface area (Å²) >= 11 is 1.66. The van der Waals surface area contributed by atoms with Gasteiger partial charge in [0.2, 0.25) is 0 Å². The Morgan fingerprint density at radius 2 is 1.32 bits per heavy atom. The summed E-state index contributed by atoms with van der Waals surface area (Å²) in [6, 6.07) is 17.1. The standard InChI is InChI=1S/C21H28N4O2S/c1-26-19-9-7-17(8-10-19)24-13-11-23(12-14-24)16-3-5-18(6-4-16)25-15-20(27-2)28-21(25)22/h3-10,20-21H,11-15,22H2,1-2H3. The Bertz CT molecular complexity index is 763. The number of nitrogens with two attached hydrogens (primary N) is 1. The van der Waals surface area contributed by atoms with Crippen LogP contribution in [0.3, 0.4) is 0 Å². The van der Waals surface area contributed by atoms with Crippen molar-refractivity contribution in [2.75, 3.05) is 61.6 Å². The minimum absolute atomic E-state index is 0.0520. The number of thioether (sulfide) groups is 1. The second-order valence-electron chi connectivity index (χ2n) is 7.03. The first-order chi connectivity index (χ1) is 13.7. The molecule has 7 heteroatoms. The summed E-state index contributed by atoms with van der Waals surface area (Å²) in [4.78, 5) is 7.07. The van der Waals surface area contributed by atoms with Crippen molar-refractivity contribution < 1.29 is 9.47 Å². The van der Waals surface area contributed by atoms with E-state index in [0.29, 0.717) is 0 Å². The summed E-state index contributed by atoms with van der Waals surface area (Å²) in [6.45, 7) is 4.86. The largest absolute Gasteiger partial charge is 0.497 e. The average molecular weight is 401 g/mol. The lowest BCUT2D eigenvalue weighted by atomic mass is 10.2. The van der Waals surface area contributed by atoms with E-state index in [1.54, 1.807) is 26.0 Å². The van der Waals surface area contributed by atoms with Crippen LogP contribution in [-0.4, -0.2) is 57.9 Å². The first kappa shape index (κ1) is 19.2. The third-order valence-electron chi connectivity index (χ3n) is 5.47. The van der Waals surface area contributed by atoms with E-state index in [0.717, 1.165) is 44.2 Å².